The molecule has 0 spiro atoms. The predicted octanol–water partition coefficient (Wildman–Crippen LogP) is 2.93. The predicted molar refractivity (Wildman–Crippen MR) is 78.8 cm³/mol. The third-order valence-corrected chi connectivity index (χ3v) is 5.16. The van der Waals surface area contributed by atoms with Crippen molar-refractivity contribution in [2.45, 2.75) is 71.3 Å². The topological polar surface area (TPSA) is 46.3 Å². The molecule has 1 aliphatic heterocycles. The average molecular weight is 266 g/mol. The SMILES string of the molecule is CC1(C)CN(C(=O)CCC2CCCCC2)CCC1N. The summed E-state index contributed by atoms with van der Waals surface area (Å²) in [6, 6.07) is 0.231. The molecule has 1 unspecified atom stereocenters. The number of nitrogens with zero attached hydrogens (tertiary/aromatic N) is 1. The fourth-order valence-electron chi connectivity index (χ4n) is 3.55. The van der Waals surface area contributed by atoms with Gasteiger partial charge in [0.05, 0.1) is 0 Å². The van der Waals surface area contributed by atoms with E-state index in [2.05, 4.69) is 13.8 Å². The number of carbonyl (C=O) groups excluding carboxylic acids is 1. The van der Waals surface area contributed by atoms with Gasteiger partial charge >= 0.3 is 0 Å². The van der Waals surface area contributed by atoms with E-state index < -0.39 is 0 Å². The molecule has 1 aliphatic carbocycles. The number of hydrogen-bond donors (Lipinski definition) is 1. The summed E-state index contributed by atoms with van der Waals surface area (Å²) in [5, 5.41) is 0. The number of nitrogens with two attached hydrogens (primary N) is 1. The Morgan fingerprint density at radius 3 is 2.53 bits per heavy atom. The van der Waals surface area contributed by atoms with Gasteiger partial charge in [0.15, 0.2) is 0 Å². The Bertz CT molecular complexity index is 308. The van der Waals surface area contributed by atoms with Gasteiger partial charge in [-0.3, -0.25) is 4.79 Å². The summed E-state index contributed by atoms with van der Waals surface area (Å²) in [7, 11) is 0. The molecule has 19 heavy (non-hydrogen) atoms. The van der Waals surface area contributed by atoms with E-state index in [0.29, 0.717) is 5.91 Å². The number of piperidine rings is 1. The Kier molecular flexibility index (Phi) is 4.88. The van der Waals surface area contributed by atoms with Crippen LogP contribution in [0, 0.1) is 11.3 Å². The maximum Gasteiger partial charge on any atom is 0.222 e. The van der Waals surface area contributed by atoms with Crippen LogP contribution < -0.4 is 5.73 Å². The molecule has 0 aromatic heterocycles. The van der Waals surface area contributed by atoms with E-state index in [1.165, 1.54) is 32.1 Å². The van der Waals surface area contributed by atoms with Gasteiger partial charge in [0, 0.05) is 25.6 Å². The molecule has 2 fully saturated rings. The summed E-state index contributed by atoms with van der Waals surface area (Å²) in [4.78, 5) is 14.4. The van der Waals surface area contributed by atoms with Crippen LogP contribution in [-0.2, 0) is 4.79 Å². The zero-order valence-electron chi connectivity index (χ0n) is 12.7. The Balaban J connectivity index is 1.76. The maximum absolute atomic E-state index is 12.3. The van der Waals surface area contributed by atoms with Crippen LogP contribution >= 0.6 is 0 Å². The van der Waals surface area contributed by atoms with E-state index >= 15 is 0 Å². The Hall–Kier alpha value is -0.570. The van der Waals surface area contributed by atoms with Crippen LogP contribution in [0.2, 0.25) is 0 Å². The molecule has 1 saturated heterocycles. The van der Waals surface area contributed by atoms with Crippen molar-refractivity contribution in [2.24, 2.45) is 17.1 Å². The third-order valence-electron chi connectivity index (χ3n) is 5.16. The number of rotatable bonds is 3. The van der Waals surface area contributed by atoms with E-state index in [0.717, 1.165) is 38.3 Å². The molecule has 2 N–H and O–H groups in total. The second-order valence-corrected chi connectivity index (χ2v) is 7.24. The van der Waals surface area contributed by atoms with Gasteiger partial charge in [-0.2, -0.15) is 0 Å². The van der Waals surface area contributed by atoms with Gasteiger partial charge in [0.2, 0.25) is 5.91 Å². The molecule has 2 rings (SSSR count). The van der Waals surface area contributed by atoms with Crippen molar-refractivity contribution in [2.75, 3.05) is 13.1 Å². The molecule has 110 valence electrons. The number of likely N-dealkylation sites (tertiary alicyclic amines) is 1. The quantitative estimate of drug-likeness (QED) is 0.853. The summed E-state index contributed by atoms with van der Waals surface area (Å²) in [6.07, 6.45) is 9.59. The Morgan fingerprint density at radius 2 is 1.89 bits per heavy atom. The smallest absolute Gasteiger partial charge is 0.222 e. The zero-order valence-corrected chi connectivity index (χ0v) is 12.7. The van der Waals surface area contributed by atoms with Crippen LogP contribution in [0.15, 0.2) is 0 Å². The van der Waals surface area contributed by atoms with Crippen LogP contribution in [0.5, 0.6) is 0 Å². The van der Waals surface area contributed by atoms with Crippen LogP contribution in [0.3, 0.4) is 0 Å². The van der Waals surface area contributed by atoms with Crippen LogP contribution in [0.25, 0.3) is 0 Å². The van der Waals surface area contributed by atoms with Gasteiger partial charge < -0.3 is 10.6 Å². The van der Waals surface area contributed by atoms with Crippen LogP contribution in [0.4, 0.5) is 0 Å². The summed E-state index contributed by atoms with van der Waals surface area (Å²) < 4.78 is 0. The Labute approximate surface area is 117 Å². The van der Waals surface area contributed by atoms with Crippen molar-refractivity contribution in [3.8, 4) is 0 Å². The van der Waals surface area contributed by atoms with E-state index in [-0.39, 0.29) is 11.5 Å². The minimum absolute atomic E-state index is 0.0682. The lowest BCUT2D eigenvalue weighted by Gasteiger charge is -2.42. The molecular formula is C16H30N2O. The molecule has 3 nitrogen and oxygen atoms in total. The van der Waals surface area contributed by atoms with Crippen molar-refractivity contribution in [1.82, 2.24) is 4.90 Å². The fourth-order valence-corrected chi connectivity index (χ4v) is 3.55. The van der Waals surface area contributed by atoms with Crippen molar-refractivity contribution in [3.05, 3.63) is 0 Å². The van der Waals surface area contributed by atoms with Crippen molar-refractivity contribution >= 4 is 5.91 Å². The monoisotopic (exact) mass is 266 g/mol. The molecule has 0 aromatic carbocycles. The maximum atomic E-state index is 12.3. The van der Waals surface area contributed by atoms with Crippen LogP contribution in [-0.4, -0.2) is 29.9 Å². The minimum Gasteiger partial charge on any atom is -0.342 e. The first-order valence-corrected chi connectivity index (χ1v) is 8.02. The second-order valence-electron chi connectivity index (χ2n) is 7.24. The molecule has 2 aliphatic rings. The van der Waals surface area contributed by atoms with Gasteiger partial charge in [-0.05, 0) is 24.2 Å². The minimum atomic E-state index is 0.0682. The fraction of sp³-hybridized carbons (Fsp3) is 0.938. The standard InChI is InChI=1S/C16H30N2O/c1-16(2)12-18(11-10-14(16)17)15(19)9-8-13-6-4-3-5-7-13/h13-14H,3-12,17H2,1-2H3. The zero-order chi connectivity index (χ0) is 13.9. The van der Waals surface area contributed by atoms with Crippen molar-refractivity contribution in [1.29, 1.82) is 0 Å². The lowest BCUT2D eigenvalue weighted by molar-refractivity contribution is -0.135. The van der Waals surface area contributed by atoms with Crippen molar-refractivity contribution in [3.63, 3.8) is 0 Å². The summed E-state index contributed by atoms with van der Waals surface area (Å²) in [5.74, 6) is 1.16. The van der Waals surface area contributed by atoms with Crippen LogP contribution in [0.1, 0.15) is 65.2 Å². The molecule has 0 bridgehead atoms. The molecule has 0 radical (unpaired) electrons. The highest BCUT2D eigenvalue weighted by Crippen LogP contribution is 2.30. The summed E-state index contributed by atoms with van der Waals surface area (Å²) in [5.41, 5.74) is 6.20. The number of hydrogen-bond acceptors (Lipinski definition) is 2. The average Bonchev–Trinajstić information content (AvgIpc) is 2.40. The normalized spacial score (nSPS) is 28.4. The van der Waals surface area contributed by atoms with Crippen molar-refractivity contribution < 1.29 is 4.79 Å². The molecule has 1 heterocycles. The molecular weight excluding hydrogens is 236 g/mol. The van der Waals surface area contributed by atoms with E-state index in [4.69, 9.17) is 5.73 Å². The van der Waals surface area contributed by atoms with E-state index in [1.54, 1.807) is 0 Å². The first kappa shape index (κ1) is 14.8. The largest absolute Gasteiger partial charge is 0.342 e. The second kappa shape index (κ2) is 6.25. The summed E-state index contributed by atoms with van der Waals surface area (Å²) >= 11 is 0. The Morgan fingerprint density at radius 1 is 1.21 bits per heavy atom. The first-order chi connectivity index (χ1) is 8.99. The summed E-state index contributed by atoms with van der Waals surface area (Å²) in [6.45, 7) is 6.04. The lowest BCUT2D eigenvalue weighted by Crippen LogP contribution is -2.54. The highest BCUT2D eigenvalue weighted by molar-refractivity contribution is 5.76. The first-order valence-electron chi connectivity index (χ1n) is 8.02. The van der Waals surface area contributed by atoms with E-state index in [1.807, 2.05) is 4.90 Å². The molecule has 1 atom stereocenters. The highest BCUT2D eigenvalue weighted by Gasteiger charge is 2.35. The van der Waals surface area contributed by atoms with Gasteiger partial charge in [-0.25, -0.2) is 0 Å². The number of amides is 1. The number of carbonyl (C=O) groups is 1. The lowest BCUT2D eigenvalue weighted by atomic mass is 9.79. The van der Waals surface area contributed by atoms with E-state index in [9.17, 15) is 4.79 Å². The van der Waals surface area contributed by atoms with Gasteiger partial charge in [0.25, 0.3) is 0 Å². The molecule has 1 amide bonds. The third kappa shape index (κ3) is 3.95. The molecule has 0 aromatic rings. The molecule has 3 heteroatoms. The van der Waals surface area contributed by atoms with Gasteiger partial charge in [0.1, 0.15) is 0 Å². The van der Waals surface area contributed by atoms with Gasteiger partial charge in [-0.1, -0.05) is 46.0 Å². The highest BCUT2D eigenvalue weighted by atomic mass is 16.2. The van der Waals surface area contributed by atoms with Gasteiger partial charge in [-0.15, -0.1) is 0 Å². The molecule has 1 saturated carbocycles.